The summed E-state index contributed by atoms with van der Waals surface area (Å²) in [5.74, 6) is -1.84. The topological polar surface area (TPSA) is 108 Å². The molecule has 5 amide bonds. The van der Waals surface area contributed by atoms with Crippen LogP contribution >= 0.6 is 0 Å². The van der Waals surface area contributed by atoms with Crippen molar-refractivity contribution in [2.45, 2.75) is 26.0 Å². The number of imide groups is 1. The maximum atomic E-state index is 13.0. The SMILES string of the molecule is Cc1ccc(NC(=O)CN(C)C(=O)CN2C(=O)N[C@@](C)(c3ccc(OC(F)F)cc3)C2=O)cc1. The third-order valence-electron chi connectivity index (χ3n) is 5.37. The molecule has 9 nitrogen and oxygen atoms in total. The number of urea groups is 1. The fourth-order valence-electron chi connectivity index (χ4n) is 3.40. The lowest BCUT2D eigenvalue weighted by Crippen LogP contribution is -2.45. The molecule has 2 N–H and O–H groups in total. The summed E-state index contributed by atoms with van der Waals surface area (Å²) >= 11 is 0. The highest BCUT2D eigenvalue weighted by molar-refractivity contribution is 6.09. The Bertz CT molecular complexity index is 1090. The molecule has 0 aliphatic carbocycles. The lowest BCUT2D eigenvalue weighted by molar-refractivity contribution is -0.139. The first-order valence-corrected chi connectivity index (χ1v) is 10.3. The van der Waals surface area contributed by atoms with Crippen LogP contribution in [-0.2, 0) is 19.9 Å². The molecule has 1 atom stereocenters. The van der Waals surface area contributed by atoms with Gasteiger partial charge in [0.2, 0.25) is 11.8 Å². The number of nitrogens with one attached hydrogen (secondary N) is 2. The van der Waals surface area contributed by atoms with Crippen molar-refractivity contribution < 1.29 is 32.7 Å². The molecule has 1 heterocycles. The minimum Gasteiger partial charge on any atom is -0.435 e. The largest absolute Gasteiger partial charge is 0.435 e. The first-order chi connectivity index (χ1) is 16.0. The average Bonchev–Trinajstić information content (AvgIpc) is 2.99. The summed E-state index contributed by atoms with van der Waals surface area (Å²) in [5.41, 5.74) is 0.435. The van der Waals surface area contributed by atoms with Crippen molar-refractivity contribution in [3.8, 4) is 5.75 Å². The number of benzene rings is 2. The molecule has 34 heavy (non-hydrogen) atoms. The van der Waals surface area contributed by atoms with E-state index in [1.807, 2.05) is 19.1 Å². The molecule has 3 rings (SSSR count). The number of anilines is 1. The van der Waals surface area contributed by atoms with E-state index in [4.69, 9.17) is 0 Å². The second-order valence-corrected chi connectivity index (χ2v) is 8.01. The molecule has 0 saturated carbocycles. The second-order valence-electron chi connectivity index (χ2n) is 8.01. The van der Waals surface area contributed by atoms with E-state index in [2.05, 4.69) is 15.4 Å². The molecule has 0 radical (unpaired) electrons. The van der Waals surface area contributed by atoms with Gasteiger partial charge in [-0.3, -0.25) is 19.3 Å². The molecular weight excluding hydrogens is 450 g/mol. The Morgan fingerprint density at radius 1 is 1.12 bits per heavy atom. The van der Waals surface area contributed by atoms with Crippen LogP contribution in [0.3, 0.4) is 0 Å². The summed E-state index contributed by atoms with van der Waals surface area (Å²) in [6.07, 6.45) is 0. The molecule has 180 valence electrons. The van der Waals surface area contributed by atoms with Crippen molar-refractivity contribution in [1.82, 2.24) is 15.1 Å². The van der Waals surface area contributed by atoms with Crippen LogP contribution in [0.5, 0.6) is 5.75 Å². The smallest absolute Gasteiger partial charge is 0.387 e. The zero-order valence-electron chi connectivity index (χ0n) is 18.8. The Morgan fingerprint density at radius 2 is 1.74 bits per heavy atom. The van der Waals surface area contributed by atoms with Gasteiger partial charge in [-0.05, 0) is 43.7 Å². The molecule has 1 fully saturated rings. The lowest BCUT2D eigenvalue weighted by Gasteiger charge is -2.23. The maximum Gasteiger partial charge on any atom is 0.387 e. The highest BCUT2D eigenvalue weighted by Gasteiger charge is 2.49. The van der Waals surface area contributed by atoms with Crippen LogP contribution in [0.1, 0.15) is 18.1 Å². The van der Waals surface area contributed by atoms with Crippen LogP contribution in [0.2, 0.25) is 0 Å². The monoisotopic (exact) mass is 474 g/mol. The Hall–Kier alpha value is -4.02. The van der Waals surface area contributed by atoms with Gasteiger partial charge in [0.15, 0.2) is 0 Å². The van der Waals surface area contributed by atoms with Gasteiger partial charge in [-0.25, -0.2) is 4.79 Å². The molecule has 1 saturated heterocycles. The Labute approximate surface area is 194 Å². The van der Waals surface area contributed by atoms with Gasteiger partial charge in [-0.1, -0.05) is 29.8 Å². The van der Waals surface area contributed by atoms with E-state index >= 15 is 0 Å². The summed E-state index contributed by atoms with van der Waals surface area (Å²) in [6, 6.07) is 11.6. The molecule has 0 spiro atoms. The van der Waals surface area contributed by atoms with E-state index in [9.17, 15) is 28.0 Å². The average molecular weight is 474 g/mol. The molecule has 11 heteroatoms. The first-order valence-electron chi connectivity index (χ1n) is 10.3. The summed E-state index contributed by atoms with van der Waals surface area (Å²) < 4.78 is 29.0. The minimum atomic E-state index is -2.99. The van der Waals surface area contributed by atoms with Crippen LogP contribution in [0, 0.1) is 6.92 Å². The van der Waals surface area contributed by atoms with E-state index in [0.717, 1.165) is 15.4 Å². The van der Waals surface area contributed by atoms with Crippen molar-refractivity contribution >= 4 is 29.4 Å². The van der Waals surface area contributed by atoms with Gasteiger partial charge in [0.1, 0.15) is 17.8 Å². The van der Waals surface area contributed by atoms with Crippen molar-refractivity contribution in [3.05, 3.63) is 59.7 Å². The predicted octanol–water partition coefficient (Wildman–Crippen LogP) is 2.46. The summed E-state index contributed by atoms with van der Waals surface area (Å²) in [5, 5.41) is 5.19. The van der Waals surface area contributed by atoms with Crippen molar-refractivity contribution in [2.75, 3.05) is 25.5 Å². The van der Waals surface area contributed by atoms with Crippen LogP contribution in [-0.4, -0.2) is 60.3 Å². The van der Waals surface area contributed by atoms with Crippen LogP contribution in [0.15, 0.2) is 48.5 Å². The number of nitrogens with zero attached hydrogens (tertiary/aromatic N) is 2. The molecule has 0 aromatic heterocycles. The molecule has 0 bridgehead atoms. The number of hydrogen-bond acceptors (Lipinski definition) is 5. The van der Waals surface area contributed by atoms with E-state index in [1.54, 1.807) is 12.1 Å². The van der Waals surface area contributed by atoms with Crippen LogP contribution in [0.25, 0.3) is 0 Å². The van der Waals surface area contributed by atoms with Gasteiger partial charge in [-0.2, -0.15) is 8.78 Å². The van der Waals surface area contributed by atoms with Gasteiger partial charge in [0, 0.05) is 12.7 Å². The molecule has 2 aromatic rings. The zero-order valence-corrected chi connectivity index (χ0v) is 18.8. The number of carbonyl (C=O) groups is 4. The number of carbonyl (C=O) groups excluding carboxylic acids is 4. The maximum absolute atomic E-state index is 13.0. The van der Waals surface area contributed by atoms with Crippen molar-refractivity contribution in [3.63, 3.8) is 0 Å². The fraction of sp³-hybridized carbons (Fsp3) is 0.304. The van der Waals surface area contributed by atoms with E-state index in [1.165, 1.54) is 38.2 Å². The highest BCUT2D eigenvalue weighted by atomic mass is 19.3. The fourth-order valence-corrected chi connectivity index (χ4v) is 3.40. The summed E-state index contributed by atoms with van der Waals surface area (Å²) in [6.45, 7) is -0.484. The van der Waals surface area contributed by atoms with Gasteiger partial charge < -0.3 is 20.3 Å². The number of alkyl halides is 2. The predicted molar refractivity (Wildman–Crippen MR) is 118 cm³/mol. The van der Waals surface area contributed by atoms with E-state index in [0.29, 0.717) is 11.3 Å². The highest BCUT2D eigenvalue weighted by Crippen LogP contribution is 2.30. The first kappa shape index (κ1) is 24.6. The van der Waals surface area contributed by atoms with Gasteiger partial charge in [-0.15, -0.1) is 0 Å². The van der Waals surface area contributed by atoms with Gasteiger partial charge in [0.25, 0.3) is 5.91 Å². The number of likely N-dealkylation sites (N-methyl/N-ethyl adjacent to an activating group) is 1. The van der Waals surface area contributed by atoms with Gasteiger partial charge >= 0.3 is 12.6 Å². The van der Waals surface area contributed by atoms with E-state index < -0.39 is 42.4 Å². The molecule has 0 unspecified atom stereocenters. The van der Waals surface area contributed by atoms with Crippen molar-refractivity contribution in [1.29, 1.82) is 0 Å². The quantitative estimate of drug-likeness (QED) is 0.572. The number of hydrogen-bond donors (Lipinski definition) is 2. The van der Waals surface area contributed by atoms with Crippen LogP contribution in [0.4, 0.5) is 19.3 Å². The Kier molecular flexibility index (Phi) is 7.14. The van der Waals surface area contributed by atoms with E-state index in [-0.39, 0.29) is 12.3 Å². The lowest BCUT2D eigenvalue weighted by atomic mass is 9.92. The summed E-state index contributed by atoms with van der Waals surface area (Å²) in [4.78, 5) is 52.1. The standard InChI is InChI=1S/C23H24F2N4O5/c1-14-4-8-16(9-5-14)26-18(30)12-28(3)19(31)13-29-20(32)23(2,27-22(29)33)15-6-10-17(11-7-15)34-21(24)25/h4-11,21H,12-13H2,1-3H3,(H,26,30)(H,27,33)/t23-/m0/s1. The van der Waals surface area contributed by atoms with Gasteiger partial charge in [0.05, 0.1) is 6.54 Å². The third-order valence-corrected chi connectivity index (χ3v) is 5.37. The second kappa shape index (κ2) is 9.86. The number of amides is 5. The third kappa shape index (κ3) is 5.48. The zero-order chi connectivity index (χ0) is 25.0. The number of halogens is 2. The Balaban J connectivity index is 1.61. The molecule has 1 aliphatic heterocycles. The number of aryl methyl sites for hydroxylation is 1. The molecule has 1 aliphatic rings. The number of rotatable bonds is 8. The normalized spacial score (nSPS) is 17.5. The summed E-state index contributed by atoms with van der Waals surface area (Å²) in [7, 11) is 1.39. The number of ether oxygens (including phenoxy) is 1. The molecule has 2 aromatic carbocycles. The minimum absolute atomic E-state index is 0.100. The Morgan fingerprint density at radius 3 is 2.32 bits per heavy atom. The molecular formula is C23H24F2N4O5. The van der Waals surface area contributed by atoms with Crippen molar-refractivity contribution in [2.24, 2.45) is 0 Å². The van der Waals surface area contributed by atoms with Crippen LogP contribution < -0.4 is 15.4 Å².